The van der Waals surface area contributed by atoms with Gasteiger partial charge in [0.2, 0.25) is 0 Å². The molecule has 0 amide bonds. The normalized spacial score (nSPS) is 10.7. The highest BCUT2D eigenvalue weighted by Crippen LogP contribution is 2.22. The second-order valence-electron chi connectivity index (χ2n) is 7.12. The summed E-state index contributed by atoms with van der Waals surface area (Å²) in [6.45, 7) is 2.72. The average Bonchev–Trinajstić information content (AvgIpc) is 3.45. The topological polar surface area (TPSA) is 59.4 Å². The fourth-order valence-electron chi connectivity index (χ4n) is 3.17. The number of nitrogens with zero attached hydrogens (tertiary/aromatic N) is 4. The van der Waals surface area contributed by atoms with E-state index in [1.54, 1.807) is 10.9 Å². The third-order valence-electron chi connectivity index (χ3n) is 4.97. The molecule has 2 heterocycles. The van der Waals surface area contributed by atoms with Crippen LogP contribution in [0.15, 0.2) is 79.1 Å². The molecule has 0 spiro atoms. The van der Waals surface area contributed by atoms with Crippen molar-refractivity contribution in [1.29, 1.82) is 0 Å². The Morgan fingerprint density at radius 1 is 1.00 bits per heavy atom. The van der Waals surface area contributed by atoms with Gasteiger partial charge in [0.25, 0.3) is 0 Å². The number of hydrogen-bond acceptors (Lipinski definition) is 3. The lowest BCUT2D eigenvalue weighted by molar-refractivity contribution is 0.650. The molecule has 0 atom stereocenters. The molecular weight excluding hydrogens is 474 g/mol. The molecule has 31 heavy (non-hydrogen) atoms. The Bertz CT molecular complexity index is 1290. The maximum atomic E-state index is 6.18. The van der Waals surface area contributed by atoms with Crippen LogP contribution in [-0.2, 0) is 11.9 Å². The molecule has 0 radical (unpaired) electrons. The van der Waals surface area contributed by atoms with E-state index < -0.39 is 0 Å². The predicted molar refractivity (Wildman–Crippen MR) is 129 cm³/mol. The number of nitrogens with one attached hydrogen (secondary N) is 1. The Balaban J connectivity index is 0.000000217. The number of H-pyrrole nitrogens is 1. The summed E-state index contributed by atoms with van der Waals surface area (Å²) in [7, 11) is 0. The Morgan fingerprint density at radius 3 is 2.52 bits per heavy atom. The van der Waals surface area contributed by atoms with Crippen molar-refractivity contribution in [2.75, 3.05) is 0 Å². The number of aryl methyl sites for hydroxylation is 1. The molecule has 0 saturated carbocycles. The van der Waals surface area contributed by atoms with Crippen molar-refractivity contribution in [2.45, 2.75) is 18.8 Å². The van der Waals surface area contributed by atoms with Crippen molar-refractivity contribution in [1.82, 2.24) is 25.2 Å². The molecule has 0 aliphatic heterocycles. The first kappa shape index (κ1) is 21.3. The molecular formula is C24H21BrClN5. The van der Waals surface area contributed by atoms with Gasteiger partial charge in [0, 0.05) is 21.3 Å². The number of alkyl halides is 1. The fourth-order valence-corrected chi connectivity index (χ4v) is 4.00. The second kappa shape index (κ2) is 9.90. The maximum Gasteiger partial charge on any atom is 0.113 e. The molecule has 0 aliphatic rings. The molecule has 5 aromatic rings. The molecule has 1 N–H and O–H groups in total. The summed E-state index contributed by atoms with van der Waals surface area (Å²) in [5.41, 5.74) is 6.60. The molecule has 2 aromatic heterocycles. The first-order chi connectivity index (χ1) is 15.1. The van der Waals surface area contributed by atoms with Gasteiger partial charge < -0.3 is 0 Å². The minimum absolute atomic E-state index is 0.598. The van der Waals surface area contributed by atoms with E-state index in [1.807, 2.05) is 48.7 Å². The van der Waals surface area contributed by atoms with Gasteiger partial charge in [-0.2, -0.15) is 5.10 Å². The SMILES string of the molecule is Cc1ccccc1CBr.Clc1ccccc1Cn1cc(-c2ccc3[nH]ncc3c2)nn1. The number of rotatable bonds is 4. The summed E-state index contributed by atoms with van der Waals surface area (Å²) >= 11 is 9.59. The van der Waals surface area contributed by atoms with Crippen molar-refractivity contribution in [2.24, 2.45) is 0 Å². The van der Waals surface area contributed by atoms with Crippen molar-refractivity contribution in [3.8, 4) is 11.3 Å². The van der Waals surface area contributed by atoms with Crippen LogP contribution in [0.2, 0.25) is 5.02 Å². The van der Waals surface area contributed by atoms with Crippen LogP contribution in [0.25, 0.3) is 22.2 Å². The van der Waals surface area contributed by atoms with E-state index in [0.29, 0.717) is 6.54 Å². The van der Waals surface area contributed by atoms with Gasteiger partial charge in [-0.1, -0.05) is 81.3 Å². The zero-order valence-electron chi connectivity index (χ0n) is 17.0. The van der Waals surface area contributed by atoms with E-state index in [-0.39, 0.29) is 0 Å². The van der Waals surface area contributed by atoms with Crippen molar-refractivity contribution < 1.29 is 0 Å². The summed E-state index contributed by atoms with van der Waals surface area (Å²) in [5, 5.41) is 18.1. The van der Waals surface area contributed by atoms with E-state index in [0.717, 1.165) is 38.1 Å². The van der Waals surface area contributed by atoms with Crippen LogP contribution in [0, 0.1) is 6.92 Å². The van der Waals surface area contributed by atoms with Gasteiger partial charge in [-0.15, -0.1) is 5.10 Å². The zero-order chi connectivity index (χ0) is 21.6. The second-order valence-corrected chi connectivity index (χ2v) is 8.09. The van der Waals surface area contributed by atoms with E-state index in [2.05, 4.69) is 67.6 Å². The lowest BCUT2D eigenvalue weighted by Gasteiger charge is -2.02. The van der Waals surface area contributed by atoms with Gasteiger partial charge in [-0.3, -0.25) is 5.10 Å². The van der Waals surface area contributed by atoms with E-state index in [9.17, 15) is 0 Å². The zero-order valence-corrected chi connectivity index (χ0v) is 19.3. The lowest BCUT2D eigenvalue weighted by Crippen LogP contribution is -2.00. The Labute approximate surface area is 194 Å². The summed E-state index contributed by atoms with van der Waals surface area (Å²) in [5.74, 6) is 0. The van der Waals surface area contributed by atoms with Crippen molar-refractivity contribution in [3.05, 3.63) is 101 Å². The van der Waals surface area contributed by atoms with Gasteiger partial charge in [0.15, 0.2) is 0 Å². The smallest absolute Gasteiger partial charge is 0.113 e. The Hall–Kier alpha value is -2.96. The standard InChI is InChI=1S/C16H12ClN5.C8H9Br/c17-14-4-2-1-3-12(14)9-22-10-16(20-21-22)11-5-6-15-13(7-11)8-18-19-15;1-7-4-2-3-5-8(7)6-9/h1-8,10H,9H2,(H,18,19);2-5H,6H2,1H3. The van der Waals surface area contributed by atoms with Gasteiger partial charge in [-0.05, 0) is 41.8 Å². The number of halogens is 2. The molecule has 3 aromatic carbocycles. The number of aromatic amines is 1. The van der Waals surface area contributed by atoms with E-state index in [4.69, 9.17) is 11.6 Å². The average molecular weight is 495 g/mol. The molecule has 5 rings (SSSR count). The number of fused-ring (bicyclic) bond motifs is 1. The van der Waals surface area contributed by atoms with Crippen LogP contribution in [0.3, 0.4) is 0 Å². The summed E-state index contributed by atoms with van der Waals surface area (Å²) < 4.78 is 1.79. The Kier molecular flexibility index (Phi) is 6.79. The van der Waals surface area contributed by atoms with Crippen molar-refractivity contribution >= 4 is 38.4 Å². The summed E-state index contributed by atoms with van der Waals surface area (Å²) in [6, 6.07) is 22.1. The first-order valence-electron chi connectivity index (χ1n) is 9.81. The molecule has 7 heteroatoms. The highest BCUT2D eigenvalue weighted by Gasteiger charge is 2.07. The van der Waals surface area contributed by atoms with Crippen LogP contribution < -0.4 is 0 Å². The molecule has 156 valence electrons. The van der Waals surface area contributed by atoms with E-state index >= 15 is 0 Å². The minimum atomic E-state index is 0.598. The third kappa shape index (κ3) is 5.21. The fraction of sp³-hybridized carbons (Fsp3) is 0.125. The largest absolute Gasteiger partial charge is 0.278 e. The predicted octanol–water partition coefficient (Wildman–Crippen LogP) is 6.41. The number of benzene rings is 3. The number of aromatic nitrogens is 5. The van der Waals surface area contributed by atoms with Gasteiger partial charge in [0.1, 0.15) is 5.69 Å². The van der Waals surface area contributed by atoms with Gasteiger partial charge in [-0.25, -0.2) is 4.68 Å². The molecule has 0 unspecified atom stereocenters. The van der Waals surface area contributed by atoms with Crippen LogP contribution in [-0.4, -0.2) is 25.2 Å². The number of hydrogen-bond donors (Lipinski definition) is 1. The lowest BCUT2D eigenvalue weighted by atomic mass is 10.1. The van der Waals surface area contributed by atoms with Crippen LogP contribution >= 0.6 is 27.5 Å². The summed E-state index contributed by atoms with van der Waals surface area (Å²) in [6.07, 6.45) is 3.72. The minimum Gasteiger partial charge on any atom is -0.278 e. The van der Waals surface area contributed by atoms with Crippen LogP contribution in [0.1, 0.15) is 16.7 Å². The molecule has 0 bridgehead atoms. The van der Waals surface area contributed by atoms with Crippen LogP contribution in [0.5, 0.6) is 0 Å². The molecule has 0 fully saturated rings. The molecule has 5 nitrogen and oxygen atoms in total. The maximum absolute atomic E-state index is 6.18. The highest BCUT2D eigenvalue weighted by atomic mass is 79.9. The van der Waals surface area contributed by atoms with Gasteiger partial charge in [0.05, 0.1) is 24.5 Å². The third-order valence-corrected chi connectivity index (χ3v) is 5.94. The molecule has 0 aliphatic carbocycles. The Morgan fingerprint density at radius 2 is 1.77 bits per heavy atom. The summed E-state index contributed by atoms with van der Waals surface area (Å²) in [4.78, 5) is 0. The van der Waals surface area contributed by atoms with Gasteiger partial charge >= 0.3 is 0 Å². The van der Waals surface area contributed by atoms with E-state index in [1.165, 1.54) is 11.1 Å². The first-order valence-corrected chi connectivity index (χ1v) is 11.3. The quantitative estimate of drug-likeness (QED) is 0.294. The highest BCUT2D eigenvalue weighted by molar-refractivity contribution is 9.08. The van der Waals surface area contributed by atoms with Crippen molar-refractivity contribution in [3.63, 3.8) is 0 Å². The van der Waals surface area contributed by atoms with Crippen LogP contribution in [0.4, 0.5) is 0 Å². The monoisotopic (exact) mass is 493 g/mol. The molecule has 0 saturated heterocycles.